The van der Waals surface area contributed by atoms with E-state index in [2.05, 4.69) is 10.2 Å². The number of hydrogen-bond acceptors (Lipinski definition) is 5. The number of fused-ring (bicyclic) bond motifs is 1. The Balaban J connectivity index is 1.86. The van der Waals surface area contributed by atoms with Crippen LogP contribution in [0.1, 0.15) is 5.82 Å². The molecule has 2 rings (SSSR count). The molecule has 0 aromatic carbocycles. The van der Waals surface area contributed by atoms with Gasteiger partial charge in [-0.05, 0) is 0 Å². The number of nitrogens with zero attached hydrogens (tertiary/aromatic N) is 4. The monoisotopic (exact) mass is 225 g/mol. The minimum absolute atomic E-state index is 0.0253. The largest absolute Gasteiger partial charge is 0.370 e. The fraction of sp³-hybridized carbons (Fsp3) is 0.667. The van der Waals surface area contributed by atoms with E-state index in [1.165, 1.54) is 0 Å². The average Bonchev–Trinajstić information content (AvgIpc) is 2.76. The van der Waals surface area contributed by atoms with Gasteiger partial charge in [0, 0.05) is 19.6 Å². The van der Waals surface area contributed by atoms with E-state index in [1.54, 1.807) is 11.2 Å². The molecule has 0 saturated carbocycles. The Morgan fingerprint density at radius 3 is 3.25 bits per heavy atom. The van der Waals surface area contributed by atoms with Crippen molar-refractivity contribution in [3.8, 4) is 0 Å². The molecule has 7 heteroatoms. The van der Waals surface area contributed by atoms with Gasteiger partial charge in [-0.25, -0.2) is 0 Å². The lowest BCUT2D eigenvalue weighted by atomic mass is 10.3. The van der Waals surface area contributed by atoms with Gasteiger partial charge in [0.25, 0.3) is 0 Å². The number of ether oxygens (including phenoxy) is 1. The number of nitrogens with two attached hydrogens (primary N) is 1. The van der Waals surface area contributed by atoms with E-state index in [9.17, 15) is 4.79 Å². The van der Waals surface area contributed by atoms with Gasteiger partial charge in [-0.1, -0.05) is 0 Å². The van der Waals surface area contributed by atoms with Crippen LogP contribution in [-0.2, 0) is 22.6 Å². The summed E-state index contributed by atoms with van der Waals surface area (Å²) >= 11 is 0. The van der Waals surface area contributed by atoms with E-state index in [4.69, 9.17) is 10.5 Å². The molecule has 2 heterocycles. The number of hydrogen-bond donors (Lipinski definition) is 1. The topological polar surface area (TPSA) is 86.3 Å². The third kappa shape index (κ3) is 2.37. The summed E-state index contributed by atoms with van der Waals surface area (Å²) in [5.41, 5.74) is 5.27. The molecule has 7 nitrogen and oxygen atoms in total. The van der Waals surface area contributed by atoms with Crippen molar-refractivity contribution in [2.45, 2.75) is 13.1 Å². The van der Waals surface area contributed by atoms with Crippen molar-refractivity contribution >= 4 is 5.91 Å². The van der Waals surface area contributed by atoms with Gasteiger partial charge in [-0.2, -0.15) is 0 Å². The Morgan fingerprint density at radius 2 is 2.44 bits per heavy atom. The maximum absolute atomic E-state index is 11.7. The summed E-state index contributed by atoms with van der Waals surface area (Å²) in [6.07, 6.45) is 1.68. The molecule has 0 unspecified atom stereocenters. The highest BCUT2D eigenvalue weighted by Gasteiger charge is 2.21. The lowest BCUT2D eigenvalue weighted by molar-refractivity contribution is -0.137. The summed E-state index contributed by atoms with van der Waals surface area (Å²) in [5, 5.41) is 7.74. The smallest absolute Gasteiger partial charge is 0.249 e. The number of amides is 1. The first kappa shape index (κ1) is 11.0. The summed E-state index contributed by atoms with van der Waals surface area (Å²) in [5.74, 6) is 0.793. The predicted molar refractivity (Wildman–Crippen MR) is 55.3 cm³/mol. The molecule has 0 saturated heterocycles. The van der Waals surface area contributed by atoms with Crippen LogP contribution < -0.4 is 5.73 Å². The molecule has 88 valence electrons. The lowest BCUT2D eigenvalue weighted by Gasteiger charge is -2.26. The van der Waals surface area contributed by atoms with Crippen LogP contribution >= 0.6 is 0 Å². The molecule has 0 radical (unpaired) electrons. The van der Waals surface area contributed by atoms with Crippen molar-refractivity contribution in [1.82, 2.24) is 19.7 Å². The Kier molecular flexibility index (Phi) is 3.47. The van der Waals surface area contributed by atoms with Crippen LogP contribution in [0, 0.1) is 0 Å². The number of carbonyl (C=O) groups is 1. The Labute approximate surface area is 93.2 Å². The van der Waals surface area contributed by atoms with E-state index in [0.717, 1.165) is 12.4 Å². The van der Waals surface area contributed by atoms with Crippen LogP contribution in [0.2, 0.25) is 0 Å². The first-order valence-corrected chi connectivity index (χ1v) is 5.23. The first-order chi connectivity index (χ1) is 7.81. The Hall–Kier alpha value is -1.47. The fourth-order valence-electron chi connectivity index (χ4n) is 1.61. The van der Waals surface area contributed by atoms with Gasteiger partial charge >= 0.3 is 0 Å². The lowest BCUT2D eigenvalue weighted by Crippen LogP contribution is -2.40. The van der Waals surface area contributed by atoms with Crippen molar-refractivity contribution < 1.29 is 9.53 Å². The second-order valence-electron chi connectivity index (χ2n) is 3.60. The van der Waals surface area contributed by atoms with Gasteiger partial charge in [-0.3, -0.25) is 4.79 Å². The van der Waals surface area contributed by atoms with Gasteiger partial charge in [-0.15, -0.1) is 10.2 Å². The fourth-order valence-corrected chi connectivity index (χ4v) is 1.61. The number of carbonyl (C=O) groups excluding carboxylic acids is 1. The average molecular weight is 225 g/mol. The second kappa shape index (κ2) is 5.04. The highest BCUT2D eigenvalue weighted by atomic mass is 16.5. The van der Waals surface area contributed by atoms with Crippen LogP contribution in [0.25, 0.3) is 0 Å². The minimum Gasteiger partial charge on any atom is -0.370 e. The van der Waals surface area contributed by atoms with Gasteiger partial charge in [0.2, 0.25) is 5.91 Å². The molecule has 16 heavy (non-hydrogen) atoms. The maximum atomic E-state index is 11.7. The Morgan fingerprint density at radius 1 is 1.56 bits per heavy atom. The maximum Gasteiger partial charge on any atom is 0.249 e. The van der Waals surface area contributed by atoms with E-state index >= 15 is 0 Å². The van der Waals surface area contributed by atoms with Crippen LogP contribution in [0.5, 0.6) is 0 Å². The third-order valence-electron chi connectivity index (χ3n) is 2.48. The molecule has 1 aliphatic heterocycles. The third-order valence-corrected chi connectivity index (χ3v) is 2.48. The summed E-state index contributed by atoms with van der Waals surface area (Å²) in [6.45, 7) is 2.86. The summed E-state index contributed by atoms with van der Waals surface area (Å²) < 4.78 is 7.06. The molecule has 1 aliphatic rings. The highest BCUT2D eigenvalue weighted by Crippen LogP contribution is 2.08. The van der Waals surface area contributed by atoms with Crippen molar-refractivity contribution in [3.05, 3.63) is 12.2 Å². The normalized spacial score (nSPS) is 14.9. The van der Waals surface area contributed by atoms with Crippen LogP contribution in [0.4, 0.5) is 0 Å². The first-order valence-electron chi connectivity index (χ1n) is 5.23. The molecule has 1 amide bonds. The molecule has 0 fully saturated rings. The number of aromatic nitrogens is 3. The summed E-state index contributed by atoms with van der Waals surface area (Å²) in [4.78, 5) is 13.4. The van der Waals surface area contributed by atoms with Gasteiger partial charge < -0.3 is 19.9 Å². The van der Waals surface area contributed by atoms with Crippen molar-refractivity contribution in [1.29, 1.82) is 0 Å². The molecule has 1 aromatic heterocycles. The SMILES string of the molecule is NCCOCC(=O)N1CCn2cnnc2C1. The van der Waals surface area contributed by atoms with E-state index in [0.29, 0.717) is 26.2 Å². The van der Waals surface area contributed by atoms with Gasteiger partial charge in [0.05, 0.1) is 13.2 Å². The van der Waals surface area contributed by atoms with E-state index < -0.39 is 0 Å². The molecule has 1 aromatic rings. The van der Waals surface area contributed by atoms with Crippen molar-refractivity contribution in [2.75, 3.05) is 26.3 Å². The zero-order valence-corrected chi connectivity index (χ0v) is 9.00. The van der Waals surface area contributed by atoms with Crippen LogP contribution in [0.3, 0.4) is 0 Å². The van der Waals surface area contributed by atoms with Crippen LogP contribution in [0.15, 0.2) is 6.33 Å². The second-order valence-corrected chi connectivity index (χ2v) is 3.60. The highest BCUT2D eigenvalue weighted by molar-refractivity contribution is 5.77. The van der Waals surface area contributed by atoms with Crippen molar-refractivity contribution in [2.24, 2.45) is 5.73 Å². The molecule has 0 aliphatic carbocycles. The van der Waals surface area contributed by atoms with Crippen molar-refractivity contribution in [3.63, 3.8) is 0 Å². The molecule has 2 N–H and O–H groups in total. The van der Waals surface area contributed by atoms with Gasteiger partial charge in [0.15, 0.2) is 5.82 Å². The molecular formula is C9H15N5O2. The zero-order chi connectivity index (χ0) is 11.4. The molecule has 0 spiro atoms. The van der Waals surface area contributed by atoms with E-state index in [-0.39, 0.29) is 12.5 Å². The molecule has 0 bridgehead atoms. The van der Waals surface area contributed by atoms with E-state index in [1.807, 2.05) is 4.57 Å². The van der Waals surface area contributed by atoms with Crippen LogP contribution in [-0.4, -0.2) is 51.9 Å². The molecule has 0 atom stereocenters. The van der Waals surface area contributed by atoms with Gasteiger partial charge in [0.1, 0.15) is 12.9 Å². The summed E-state index contributed by atoms with van der Waals surface area (Å²) in [7, 11) is 0. The molecular weight excluding hydrogens is 210 g/mol. The number of rotatable bonds is 4. The minimum atomic E-state index is -0.0253. The summed E-state index contributed by atoms with van der Waals surface area (Å²) in [6, 6.07) is 0. The quantitative estimate of drug-likeness (QED) is 0.637. The zero-order valence-electron chi connectivity index (χ0n) is 9.00. The predicted octanol–water partition coefficient (Wildman–Crippen LogP) is -1.40. The standard InChI is InChI=1S/C9H15N5O2/c10-1-4-16-6-9(15)13-2-3-14-7-11-12-8(14)5-13/h7H,1-6,10H2. The Bertz CT molecular complexity index is 365.